The van der Waals surface area contributed by atoms with Gasteiger partial charge in [-0.3, -0.25) is 9.48 Å². The van der Waals surface area contributed by atoms with Crippen molar-refractivity contribution in [3.8, 4) is 0 Å². The van der Waals surface area contributed by atoms with E-state index in [1.54, 1.807) is 0 Å². The lowest BCUT2D eigenvalue weighted by Gasteiger charge is -2.07. The summed E-state index contributed by atoms with van der Waals surface area (Å²) in [6, 6.07) is 7.69. The Kier molecular flexibility index (Phi) is 4.45. The summed E-state index contributed by atoms with van der Waals surface area (Å²) >= 11 is 5.99. The molecule has 0 fully saturated rings. The zero-order chi connectivity index (χ0) is 14.7. The minimum absolute atomic E-state index is 0.00138. The topological polar surface area (TPSA) is 46.9 Å². The number of rotatable bonds is 4. The minimum Gasteiger partial charge on any atom is -0.323 e. The number of hydrogen-bond acceptors (Lipinski definition) is 2. The molecule has 4 nitrogen and oxygen atoms in total. The maximum absolute atomic E-state index is 11.5. The first-order valence-electron chi connectivity index (χ1n) is 6.59. The van der Waals surface area contributed by atoms with Gasteiger partial charge in [-0.2, -0.15) is 5.10 Å². The summed E-state index contributed by atoms with van der Waals surface area (Å²) in [6.45, 7) is 6.31. The Morgan fingerprint density at radius 3 is 2.80 bits per heavy atom. The van der Waals surface area contributed by atoms with Crippen LogP contribution in [0, 0.1) is 13.8 Å². The van der Waals surface area contributed by atoms with Crippen LogP contribution in [-0.4, -0.2) is 15.7 Å². The van der Waals surface area contributed by atoms with Crippen LogP contribution < -0.4 is 5.32 Å². The standard InChI is InChI=1S/C15H18ClN3O/c1-4-14(20)17-15-10(2)18-19(11(15)3)9-12-6-5-7-13(16)8-12/h5-8H,4,9H2,1-3H3,(H,17,20). The van der Waals surface area contributed by atoms with Gasteiger partial charge in [0, 0.05) is 11.4 Å². The molecular weight excluding hydrogens is 274 g/mol. The molecule has 0 saturated carbocycles. The molecule has 0 bridgehead atoms. The highest BCUT2D eigenvalue weighted by atomic mass is 35.5. The van der Waals surface area contributed by atoms with E-state index < -0.39 is 0 Å². The van der Waals surface area contributed by atoms with Crippen LogP contribution in [0.15, 0.2) is 24.3 Å². The van der Waals surface area contributed by atoms with Crippen molar-refractivity contribution in [1.82, 2.24) is 9.78 Å². The van der Waals surface area contributed by atoms with Crippen LogP contribution in [0.2, 0.25) is 5.02 Å². The normalized spacial score (nSPS) is 10.6. The molecule has 1 aromatic heterocycles. The second-order valence-corrected chi connectivity index (χ2v) is 5.17. The number of hydrogen-bond donors (Lipinski definition) is 1. The number of benzene rings is 1. The zero-order valence-corrected chi connectivity index (χ0v) is 12.7. The highest BCUT2D eigenvalue weighted by molar-refractivity contribution is 6.30. The molecule has 20 heavy (non-hydrogen) atoms. The summed E-state index contributed by atoms with van der Waals surface area (Å²) in [6.07, 6.45) is 0.457. The smallest absolute Gasteiger partial charge is 0.224 e. The fourth-order valence-corrected chi connectivity index (χ4v) is 2.28. The molecule has 0 saturated heterocycles. The van der Waals surface area contributed by atoms with Crippen LogP contribution in [-0.2, 0) is 11.3 Å². The van der Waals surface area contributed by atoms with E-state index >= 15 is 0 Å². The van der Waals surface area contributed by atoms with Crippen LogP contribution in [0.4, 0.5) is 5.69 Å². The third kappa shape index (κ3) is 3.20. The van der Waals surface area contributed by atoms with Gasteiger partial charge in [-0.1, -0.05) is 30.7 Å². The number of carbonyl (C=O) groups is 1. The van der Waals surface area contributed by atoms with Gasteiger partial charge in [0.25, 0.3) is 0 Å². The molecule has 1 amide bonds. The van der Waals surface area contributed by atoms with E-state index in [9.17, 15) is 4.79 Å². The Hall–Kier alpha value is -1.81. The summed E-state index contributed by atoms with van der Waals surface area (Å²) in [5, 5.41) is 8.09. The first kappa shape index (κ1) is 14.6. The second kappa shape index (κ2) is 6.09. The molecule has 0 spiro atoms. The van der Waals surface area contributed by atoms with Crippen molar-refractivity contribution >= 4 is 23.2 Å². The van der Waals surface area contributed by atoms with Gasteiger partial charge in [-0.25, -0.2) is 0 Å². The summed E-state index contributed by atoms with van der Waals surface area (Å²) < 4.78 is 1.88. The lowest BCUT2D eigenvalue weighted by atomic mass is 10.2. The van der Waals surface area contributed by atoms with Gasteiger partial charge in [0.2, 0.25) is 5.91 Å². The number of aromatic nitrogens is 2. The highest BCUT2D eigenvalue weighted by Gasteiger charge is 2.13. The number of nitrogens with zero attached hydrogens (tertiary/aromatic N) is 2. The summed E-state index contributed by atoms with van der Waals surface area (Å²) in [5.74, 6) is -0.00138. The Morgan fingerprint density at radius 1 is 1.40 bits per heavy atom. The first-order valence-corrected chi connectivity index (χ1v) is 6.97. The number of amides is 1. The summed E-state index contributed by atoms with van der Waals surface area (Å²) in [5.41, 5.74) is 3.66. The van der Waals surface area contributed by atoms with Crippen molar-refractivity contribution in [2.24, 2.45) is 0 Å². The van der Waals surface area contributed by atoms with Gasteiger partial charge in [0.1, 0.15) is 0 Å². The number of carbonyl (C=O) groups excluding carboxylic acids is 1. The third-order valence-electron chi connectivity index (χ3n) is 3.19. The van der Waals surface area contributed by atoms with E-state index in [1.165, 1.54) is 0 Å². The number of aryl methyl sites for hydroxylation is 1. The number of anilines is 1. The number of halogens is 1. The molecule has 2 aromatic rings. The van der Waals surface area contributed by atoms with Crippen LogP contribution in [0.1, 0.15) is 30.3 Å². The van der Waals surface area contributed by atoms with Crippen molar-refractivity contribution in [2.75, 3.05) is 5.32 Å². The highest BCUT2D eigenvalue weighted by Crippen LogP contribution is 2.21. The van der Waals surface area contributed by atoms with Crippen LogP contribution >= 0.6 is 11.6 Å². The molecule has 1 aromatic carbocycles. The van der Waals surface area contributed by atoms with Crippen molar-refractivity contribution in [3.63, 3.8) is 0 Å². The van der Waals surface area contributed by atoms with E-state index in [0.29, 0.717) is 18.0 Å². The molecule has 0 aliphatic carbocycles. The molecule has 1 heterocycles. The van der Waals surface area contributed by atoms with Gasteiger partial charge in [-0.15, -0.1) is 0 Å². The lowest BCUT2D eigenvalue weighted by Crippen LogP contribution is -2.11. The van der Waals surface area contributed by atoms with E-state index in [4.69, 9.17) is 11.6 Å². The van der Waals surface area contributed by atoms with Gasteiger partial charge in [0.15, 0.2) is 0 Å². The second-order valence-electron chi connectivity index (χ2n) is 4.74. The third-order valence-corrected chi connectivity index (χ3v) is 3.42. The average Bonchev–Trinajstić information content (AvgIpc) is 2.66. The maximum atomic E-state index is 11.5. The molecule has 1 N–H and O–H groups in total. The summed E-state index contributed by atoms with van der Waals surface area (Å²) in [7, 11) is 0. The van der Waals surface area contributed by atoms with E-state index in [0.717, 1.165) is 22.6 Å². The fraction of sp³-hybridized carbons (Fsp3) is 0.333. The lowest BCUT2D eigenvalue weighted by molar-refractivity contribution is -0.115. The predicted molar refractivity (Wildman–Crippen MR) is 81.2 cm³/mol. The zero-order valence-electron chi connectivity index (χ0n) is 11.9. The van der Waals surface area contributed by atoms with Gasteiger partial charge < -0.3 is 5.32 Å². The molecule has 0 radical (unpaired) electrons. The maximum Gasteiger partial charge on any atom is 0.224 e. The fourth-order valence-electron chi connectivity index (χ4n) is 2.07. The largest absolute Gasteiger partial charge is 0.323 e. The first-order chi connectivity index (χ1) is 9.51. The SMILES string of the molecule is CCC(=O)Nc1c(C)nn(Cc2cccc(Cl)c2)c1C. The monoisotopic (exact) mass is 291 g/mol. The predicted octanol–water partition coefficient (Wildman–Crippen LogP) is 3.55. The van der Waals surface area contributed by atoms with Crippen LogP contribution in [0.25, 0.3) is 0 Å². The molecular formula is C15H18ClN3O. The van der Waals surface area contributed by atoms with Gasteiger partial charge >= 0.3 is 0 Å². The molecule has 5 heteroatoms. The van der Waals surface area contributed by atoms with Crippen molar-refractivity contribution in [3.05, 3.63) is 46.2 Å². The van der Waals surface area contributed by atoms with E-state index in [1.807, 2.05) is 49.7 Å². The van der Waals surface area contributed by atoms with Crippen LogP contribution in [0.5, 0.6) is 0 Å². The quantitative estimate of drug-likeness (QED) is 0.936. The van der Waals surface area contributed by atoms with Crippen molar-refractivity contribution < 1.29 is 4.79 Å². The van der Waals surface area contributed by atoms with Gasteiger partial charge in [-0.05, 0) is 31.5 Å². The Morgan fingerprint density at radius 2 is 2.15 bits per heavy atom. The molecule has 0 atom stereocenters. The summed E-state index contributed by atoms with van der Waals surface area (Å²) in [4.78, 5) is 11.5. The number of nitrogens with one attached hydrogen (secondary N) is 1. The minimum atomic E-state index is -0.00138. The van der Waals surface area contributed by atoms with E-state index in [2.05, 4.69) is 10.4 Å². The average molecular weight is 292 g/mol. The molecule has 0 aliphatic heterocycles. The van der Waals surface area contributed by atoms with Crippen molar-refractivity contribution in [2.45, 2.75) is 33.7 Å². The van der Waals surface area contributed by atoms with Crippen LogP contribution in [0.3, 0.4) is 0 Å². The molecule has 2 rings (SSSR count). The van der Waals surface area contributed by atoms with Crippen molar-refractivity contribution in [1.29, 1.82) is 0 Å². The molecule has 106 valence electrons. The Balaban J connectivity index is 2.25. The van der Waals surface area contributed by atoms with Gasteiger partial charge in [0.05, 0.1) is 23.6 Å². The van der Waals surface area contributed by atoms with E-state index in [-0.39, 0.29) is 5.91 Å². The molecule has 0 unspecified atom stereocenters. The molecule has 0 aliphatic rings. The Labute approximate surface area is 123 Å². The Bertz CT molecular complexity index is 634.